The molecule has 1 saturated heterocycles. The van der Waals surface area contributed by atoms with Gasteiger partial charge in [-0.15, -0.1) is 0 Å². The van der Waals surface area contributed by atoms with Crippen LogP contribution in [-0.4, -0.2) is 60.9 Å². The summed E-state index contributed by atoms with van der Waals surface area (Å²) in [5, 5.41) is 2.89. The molecule has 1 heterocycles. The number of ether oxygens (including phenoxy) is 1. The van der Waals surface area contributed by atoms with Crippen LogP contribution >= 0.6 is 0 Å². The van der Waals surface area contributed by atoms with Crippen molar-refractivity contribution < 1.29 is 14.3 Å². The molecule has 0 aromatic heterocycles. The van der Waals surface area contributed by atoms with Crippen molar-refractivity contribution in [3.05, 3.63) is 29.8 Å². The highest BCUT2D eigenvalue weighted by atomic mass is 16.5. The van der Waals surface area contributed by atoms with Crippen LogP contribution in [0.5, 0.6) is 5.75 Å². The lowest BCUT2D eigenvalue weighted by Crippen LogP contribution is -2.47. The number of nitrogens with one attached hydrogen (secondary N) is 1. The van der Waals surface area contributed by atoms with Crippen LogP contribution in [0.2, 0.25) is 0 Å². The maximum atomic E-state index is 12.6. The number of likely N-dealkylation sites (tertiary alicyclic amines) is 1. The Bertz CT molecular complexity index is 622. The van der Waals surface area contributed by atoms with E-state index in [1.807, 2.05) is 32.9 Å². The Balaban J connectivity index is 1.93. The van der Waals surface area contributed by atoms with Crippen molar-refractivity contribution in [3.63, 3.8) is 0 Å². The number of nitrogens with zero attached hydrogens (tertiary/aromatic N) is 2. The molecule has 1 aliphatic heterocycles. The maximum absolute atomic E-state index is 12.6. The van der Waals surface area contributed by atoms with Crippen molar-refractivity contribution in [2.24, 2.45) is 0 Å². The van der Waals surface area contributed by atoms with E-state index in [2.05, 4.69) is 22.3 Å². The van der Waals surface area contributed by atoms with E-state index >= 15 is 0 Å². The minimum Gasteiger partial charge on any atom is -0.497 e. The van der Waals surface area contributed by atoms with Gasteiger partial charge in [-0.3, -0.25) is 14.5 Å². The average Bonchev–Trinajstić information content (AvgIpc) is 3.01. The summed E-state index contributed by atoms with van der Waals surface area (Å²) in [6.07, 6.45) is 2.10. The molecule has 0 saturated carbocycles. The first-order valence-electron chi connectivity index (χ1n) is 9.12. The normalized spacial score (nSPS) is 17.8. The van der Waals surface area contributed by atoms with Gasteiger partial charge in [-0.05, 0) is 57.9 Å². The van der Waals surface area contributed by atoms with Crippen LogP contribution in [0, 0.1) is 0 Å². The Kier molecular flexibility index (Phi) is 6.64. The zero-order valence-electron chi connectivity index (χ0n) is 16.5. The highest BCUT2D eigenvalue weighted by Crippen LogP contribution is 2.32. The summed E-state index contributed by atoms with van der Waals surface area (Å²) >= 11 is 0. The molecule has 1 aromatic carbocycles. The highest BCUT2D eigenvalue weighted by molar-refractivity contribution is 5.85. The fourth-order valence-electron chi connectivity index (χ4n) is 3.27. The first-order chi connectivity index (χ1) is 12.2. The van der Waals surface area contributed by atoms with Gasteiger partial charge in [0.15, 0.2) is 0 Å². The number of carbonyl (C=O) groups is 2. The summed E-state index contributed by atoms with van der Waals surface area (Å²) < 4.78 is 5.21. The van der Waals surface area contributed by atoms with Gasteiger partial charge in [0.25, 0.3) is 0 Å². The van der Waals surface area contributed by atoms with Crippen molar-refractivity contribution in [2.45, 2.75) is 45.2 Å². The van der Waals surface area contributed by atoms with E-state index in [1.54, 1.807) is 14.2 Å². The third-order valence-corrected chi connectivity index (χ3v) is 4.52. The van der Waals surface area contributed by atoms with Gasteiger partial charge in [0, 0.05) is 18.6 Å². The maximum Gasteiger partial charge on any atom is 0.240 e. The molecule has 1 aliphatic rings. The largest absolute Gasteiger partial charge is 0.497 e. The van der Waals surface area contributed by atoms with Crippen LogP contribution in [-0.2, 0) is 9.59 Å². The first kappa shape index (κ1) is 20.2. The summed E-state index contributed by atoms with van der Waals surface area (Å²) in [6.45, 7) is 7.08. The zero-order valence-corrected chi connectivity index (χ0v) is 16.5. The average molecular weight is 361 g/mol. The molecule has 2 amide bonds. The molecule has 1 fully saturated rings. The van der Waals surface area contributed by atoms with Crippen LogP contribution < -0.4 is 10.1 Å². The summed E-state index contributed by atoms with van der Waals surface area (Å²) in [5.41, 5.74) is 0.902. The van der Waals surface area contributed by atoms with Crippen molar-refractivity contribution in [1.29, 1.82) is 0 Å². The smallest absolute Gasteiger partial charge is 0.240 e. The lowest BCUT2D eigenvalue weighted by molar-refractivity contribution is -0.136. The van der Waals surface area contributed by atoms with Gasteiger partial charge in [0.2, 0.25) is 11.8 Å². The molecule has 0 aliphatic carbocycles. The number of amides is 2. The quantitative estimate of drug-likeness (QED) is 0.844. The van der Waals surface area contributed by atoms with Gasteiger partial charge in [-0.1, -0.05) is 12.1 Å². The van der Waals surface area contributed by atoms with E-state index < -0.39 is 0 Å². The Hall–Kier alpha value is -2.08. The SMILES string of the molecule is COc1ccc(C2CCCN2CC(=O)N(C)CC(=O)NC(C)(C)C)cc1. The molecule has 6 nitrogen and oxygen atoms in total. The van der Waals surface area contributed by atoms with Gasteiger partial charge in [0.05, 0.1) is 20.2 Å². The second-order valence-electron chi connectivity index (χ2n) is 7.95. The summed E-state index contributed by atoms with van der Waals surface area (Å²) in [6, 6.07) is 8.27. The molecule has 0 radical (unpaired) electrons. The van der Waals surface area contributed by atoms with Crippen molar-refractivity contribution in [3.8, 4) is 5.75 Å². The monoisotopic (exact) mass is 361 g/mol. The molecule has 1 atom stereocenters. The second kappa shape index (κ2) is 8.54. The van der Waals surface area contributed by atoms with Gasteiger partial charge in [-0.2, -0.15) is 0 Å². The molecule has 6 heteroatoms. The standard InChI is InChI=1S/C20H31N3O3/c1-20(2,3)21-18(24)13-22(4)19(25)14-23-12-6-7-17(23)15-8-10-16(26-5)11-9-15/h8-11,17H,6-7,12-14H2,1-5H3,(H,21,24). The number of methoxy groups -OCH3 is 1. The number of hydrogen-bond donors (Lipinski definition) is 1. The third kappa shape index (κ3) is 5.73. The van der Waals surface area contributed by atoms with E-state index in [4.69, 9.17) is 4.74 Å². The number of rotatable bonds is 6. The Morgan fingerprint density at radius 2 is 1.92 bits per heavy atom. The number of benzene rings is 1. The van der Waals surface area contributed by atoms with Gasteiger partial charge in [-0.25, -0.2) is 0 Å². The molecule has 1 unspecified atom stereocenters. The number of hydrogen-bond acceptors (Lipinski definition) is 4. The van der Waals surface area contributed by atoms with Gasteiger partial charge >= 0.3 is 0 Å². The third-order valence-electron chi connectivity index (χ3n) is 4.52. The number of likely N-dealkylation sites (N-methyl/N-ethyl adjacent to an activating group) is 1. The van der Waals surface area contributed by atoms with Crippen LogP contribution in [0.15, 0.2) is 24.3 Å². The van der Waals surface area contributed by atoms with E-state index in [9.17, 15) is 9.59 Å². The predicted molar refractivity (Wildman–Crippen MR) is 102 cm³/mol. The fourth-order valence-corrected chi connectivity index (χ4v) is 3.27. The lowest BCUT2D eigenvalue weighted by Gasteiger charge is -2.27. The predicted octanol–water partition coefficient (Wildman–Crippen LogP) is 2.21. The van der Waals surface area contributed by atoms with E-state index in [1.165, 1.54) is 10.5 Å². The second-order valence-corrected chi connectivity index (χ2v) is 7.95. The van der Waals surface area contributed by atoms with E-state index in [0.29, 0.717) is 6.54 Å². The topological polar surface area (TPSA) is 61.9 Å². The van der Waals surface area contributed by atoms with Crippen LogP contribution in [0.1, 0.15) is 45.2 Å². The molecule has 2 rings (SSSR count). The van der Waals surface area contributed by atoms with Crippen molar-refractivity contribution >= 4 is 11.8 Å². The van der Waals surface area contributed by atoms with Gasteiger partial charge < -0.3 is 15.0 Å². The molecular formula is C20H31N3O3. The van der Waals surface area contributed by atoms with Crippen molar-refractivity contribution in [2.75, 3.05) is 33.8 Å². The minimum absolute atomic E-state index is 0.0329. The summed E-state index contributed by atoms with van der Waals surface area (Å²) in [7, 11) is 3.34. The Labute approximate surface area is 156 Å². The Morgan fingerprint density at radius 1 is 1.27 bits per heavy atom. The zero-order chi connectivity index (χ0) is 19.3. The molecule has 1 aromatic rings. The molecule has 144 valence electrons. The fraction of sp³-hybridized carbons (Fsp3) is 0.600. The van der Waals surface area contributed by atoms with Crippen LogP contribution in [0.3, 0.4) is 0 Å². The van der Waals surface area contributed by atoms with Crippen LogP contribution in [0.4, 0.5) is 0 Å². The molecule has 0 spiro atoms. The Morgan fingerprint density at radius 3 is 2.50 bits per heavy atom. The molecule has 1 N–H and O–H groups in total. The molecule has 0 bridgehead atoms. The molecular weight excluding hydrogens is 330 g/mol. The number of carbonyl (C=O) groups excluding carboxylic acids is 2. The van der Waals surface area contributed by atoms with E-state index in [0.717, 1.165) is 25.1 Å². The van der Waals surface area contributed by atoms with E-state index in [-0.39, 0.29) is 29.9 Å². The summed E-state index contributed by atoms with van der Waals surface area (Å²) in [4.78, 5) is 28.3. The van der Waals surface area contributed by atoms with Crippen molar-refractivity contribution in [1.82, 2.24) is 15.1 Å². The van der Waals surface area contributed by atoms with Gasteiger partial charge in [0.1, 0.15) is 5.75 Å². The van der Waals surface area contributed by atoms with Crippen LogP contribution in [0.25, 0.3) is 0 Å². The lowest BCUT2D eigenvalue weighted by atomic mass is 10.0. The molecule has 26 heavy (non-hydrogen) atoms. The minimum atomic E-state index is -0.296. The highest BCUT2D eigenvalue weighted by Gasteiger charge is 2.29. The first-order valence-corrected chi connectivity index (χ1v) is 9.12. The summed E-state index contributed by atoms with van der Waals surface area (Å²) in [5.74, 6) is 0.662.